The minimum absolute atomic E-state index is 0.0941. The largest absolute Gasteiger partial charge is 0.292 e. The van der Waals surface area contributed by atoms with Gasteiger partial charge in [-0.2, -0.15) is 8.42 Å². The van der Waals surface area contributed by atoms with Crippen LogP contribution in [0.15, 0.2) is 20.8 Å². The van der Waals surface area contributed by atoms with Crippen molar-refractivity contribution in [2.24, 2.45) is 3.77 Å². The Kier molecular flexibility index (Phi) is 4.37. The fourth-order valence-corrected chi connectivity index (χ4v) is 4.24. The number of pyridine rings is 1. The molecule has 1 rings (SSSR count). The number of rotatable bonds is 3. The van der Waals surface area contributed by atoms with E-state index >= 15 is 0 Å². The van der Waals surface area contributed by atoms with Crippen LogP contribution in [0.3, 0.4) is 0 Å². The fourth-order valence-electron chi connectivity index (χ4n) is 1.08. The Balaban J connectivity index is 3.46. The summed E-state index contributed by atoms with van der Waals surface area (Å²) in [4.78, 5) is 3.74. The van der Waals surface area contributed by atoms with Gasteiger partial charge in [0.2, 0.25) is 0 Å². The van der Waals surface area contributed by atoms with E-state index in [9.17, 15) is 12.6 Å². The number of aryl methyl sites for hydroxylation is 1. The normalized spacial score (nSPS) is 15.4. The predicted molar refractivity (Wildman–Crippen MR) is 71.4 cm³/mol. The molecule has 1 unspecified atom stereocenters. The Labute approximate surface area is 112 Å². The van der Waals surface area contributed by atoms with Crippen molar-refractivity contribution < 1.29 is 12.6 Å². The minimum atomic E-state index is -4.02. The maximum Gasteiger partial charge on any atom is 0.292 e. The van der Waals surface area contributed by atoms with Crippen LogP contribution in [0.2, 0.25) is 5.15 Å². The average Bonchev–Trinajstić information content (AvgIpc) is 2.14. The van der Waals surface area contributed by atoms with Crippen molar-refractivity contribution in [3.8, 4) is 0 Å². The zero-order valence-electron chi connectivity index (χ0n) is 10.4. The molecule has 0 saturated heterocycles. The van der Waals surface area contributed by atoms with E-state index in [1.54, 1.807) is 0 Å². The minimum Gasteiger partial charge on any atom is -0.240 e. The van der Waals surface area contributed by atoms with Crippen LogP contribution in [0.1, 0.15) is 5.69 Å². The van der Waals surface area contributed by atoms with E-state index in [-0.39, 0.29) is 15.7 Å². The van der Waals surface area contributed by atoms with Crippen LogP contribution in [0.25, 0.3) is 0 Å². The number of halogens is 1. The lowest BCUT2D eigenvalue weighted by atomic mass is 10.4. The summed E-state index contributed by atoms with van der Waals surface area (Å²) in [6, 6.07) is 2.65. The predicted octanol–water partition coefficient (Wildman–Crippen LogP) is 1.31. The van der Waals surface area contributed by atoms with Gasteiger partial charge >= 0.3 is 0 Å². The van der Waals surface area contributed by atoms with Crippen molar-refractivity contribution in [1.82, 2.24) is 9.29 Å². The fraction of sp³-hybridized carbons (Fsp3) is 0.444. The number of nitrogens with zero attached hydrogens (tertiary/aromatic N) is 3. The van der Waals surface area contributed by atoms with Gasteiger partial charge in [0.05, 0.1) is 5.69 Å². The van der Waals surface area contributed by atoms with Crippen molar-refractivity contribution in [3.05, 3.63) is 23.0 Å². The van der Waals surface area contributed by atoms with E-state index in [1.165, 1.54) is 43.7 Å². The highest BCUT2D eigenvalue weighted by Crippen LogP contribution is 2.19. The molecule has 1 aromatic rings. The quantitative estimate of drug-likeness (QED) is 0.788. The molecule has 0 N–H and O–H groups in total. The lowest BCUT2D eigenvalue weighted by molar-refractivity contribution is 0.587. The van der Waals surface area contributed by atoms with Gasteiger partial charge in [-0.3, -0.25) is 0 Å². The molecule has 1 atom stereocenters. The molecule has 0 bridgehead atoms. The lowest BCUT2D eigenvalue weighted by Crippen LogP contribution is -2.21. The maximum atomic E-state index is 12.0. The molecule has 0 saturated carbocycles. The van der Waals surface area contributed by atoms with Crippen molar-refractivity contribution in [1.29, 1.82) is 0 Å². The van der Waals surface area contributed by atoms with Crippen LogP contribution >= 0.6 is 11.6 Å². The third-order valence-electron chi connectivity index (χ3n) is 2.20. The summed E-state index contributed by atoms with van der Waals surface area (Å²) in [7, 11) is -4.01. The van der Waals surface area contributed by atoms with Gasteiger partial charge in [-0.05, 0) is 19.1 Å². The smallest absolute Gasteiger partial charge is 0.240 e. The second-order valence-corrected chi connectivity index (χ2v) is 8.47. The molecule has 0 aromatic carbocycles. The molecule has 0 fully saturated rings. The lowest BCUT2D eigenvalue weighted by Gasteiger charge is -2.12. The van der Waals surface area contributed by atoms with Crippen molar-refractivity contribution in [2.45, 2.75) is 11.8 Å². The van der Waals surface area contributed by atoms with Crippen LogP contribution in [0, 0.1) is 6.92 Å². The number of sulfonamides is 1. The summed E-state index contributed by atoms with van der Waals surface area (Å²) in [6.45, 7) is 1.50. The molecule has 0 aliphatic heterocycles. The molecule has 0 aliphatic carbocycles. The Morgan fingerprint density at radius 2 is 1.83 bits per heavy atom. The number of aromatic nitrogens is 1. The highest BCUT2D eigenvalue weighted by atomic mass is 35.5. The molecule has 1 heterocycles. The topological polar surface area (TPSA) is 79.7 Å². The first-order chi connectivity index (χ1) is 8.06. The second kappa shape index (κ2) is 5.12. The molecule has 1 aromatic heterocycles. The molecule has 0 spiro atoms. The van der Waals surface area contributed by atoms with Crippen molar-refractivity contribution in [3.63, 3.8) is 0 Å². The van der Waals surface area contributed by atoms with Gasteiger partial charge in [-0.1, -0.05) is 15.4 Å². The Hall–Kier alpha value is -0.700. The molecule has 0 amide bonds. The molecule has 9 heteroatoms. The number of hydrogen-bond donors (Lipinski definition) is 0. The van der Waals surface area contributed by atoms with Gasteiger partial charge < -0.3 is 0 Å². The van der Waals surface area contributed by atoms with E-state index in [4.69, 9.17) is 11.6 Å². The van der Waals surface area contributed by atoms with Crippen LogP contribution in [-0.2, 0) is 19.9 Å². The summed E-state index contributed by atoms with van der Waals surface area (Å²) in [5, 5.41) is 0.191. The summed E-state index contributed by atoms with van der Waals surface area (Å²) >= 11 is 5.65. The zero-order valence-corrected chi connectivity index (χ0v) is 12.8. The summed E-state index contributed by atoms with van der Waals surface area (Å²) in [5.74, 6) is 0. The van der Waals surface area contributed by atoms with E-state index in [0.717, 1.165) is 0 Å². The Morgan fingerprint density at radius 3 is 2.28 bits per heavy atom. The molecule has 102 valence electrons. The summed E-state index contributed by atoms with van der Waals surface area (Å²) in [6.07, 6.45) is 1.25. The van der Waals surface area contributed by atoms with Crippen LogP contribution < -0.4 is 0 Å². The highest BCUT2D eigenvalue weighted by Gasteiger charge is 2.20. The number of hydrogen-bond acceptors (Lipinski definition) is 4. The average molecular weight is 312 g/mol. The van der Waals surface area contributed by atoms with E-state index in [1.807, 2.05) is 0 Å². The Bertz CT molecular complexity index is 676. The second-order valence-electron chi connectivity index (χ2n) is 3.84. The van der Waals surface area contributed by atoms with Crippen LogP contribution in [0.5, 0.6) is 0 Å². The standard InChI is InChI=1S/C9H14ClN3O3S2/c1-7-8(5-6-9(10)11-7)18(15,16)12-17(4,14)13(2)3/h5-6H,1-4H3. The van der Waals surface area contributed by atoms with E-state index in [2.05, 4.69) is 8.75 Å². The van der Waals surface area contributed by atoms with Gasteiger partial charge in [0.25, 0.3) is 10.0 Å². The monoisotopic (exact) mass is 311 g/mol. The van der Waals surface area contributed by atoms with E-state index in [0.29, 0.717) is 0 Å². The SMILES string of the molecule is Cc1nc(Cl)ccc1S(=O)(=O)N=S(C)(=O)N(C)C. The summed E-state index contributed by atoms with van der Waals surface area (Å²) < 4.78 is 40.7. The van der Waals surface area contributed by atoms with Crippen molar-refractivity contribution in [2.75, 3.05) is 20.4 Å². The molecule has 18 heavy (non-hydrogen) atoms. The van der Waals surface area contributed by atoms with Gasteiger partial charge in [0.1, 0.15) is 20.0 Å². The first-order valence-corrected chi connectivity index (χ1v) is 8.55. The summed E-state index contributed by atoms with van der Waals surface area (Å²) in [5.41, 5.74) is 0.222. The maximum absolute atomic E-state index is 12.0. The third kappa shape index (κ3) is 3.41. The van der Waals surface area contributed by atoms with Crippen molar-refractivity contribution >= 4 is 31.5 Å². The van der Waals surface area contributed by atoms with Gasteiger partial charge in [-0.15, -0.1) is 0 Å². The van der Waals surface area contributed by atoms with Gasteiger partial charge in [-0.25, -0.2) is 13.5 Å². The Morgan fingerprint density at radius 1 is 1.28 bits per heavy atom. The molecular weight excluding hydrogens is 298 g/mol. The third-order valence-corrected chi connectivity index (χ3v) is 6.64. The molecule has 0 radical (unpaired) electrons. The van der Waals surface area contributed by atoms with E-state index < -0.39 is 19.9 Å². The van der Waals surface area contributed by atoms with Gasteiger partial charge in [0.15, 0.2) is 0 Å². The van der Waals surface area contributed by atoms with Crippen LogP contribution in [-0.4, -0.2) is 42.3 Å². The first kappa shape index (κ1) is 15.4. The molecular formula is C9H14ClN3O3S2. The van der Waals surface area contributed by atoms with Gasteiger partial charge in [0, 0.05) is 20.4 Å². The highest BCUT2D eigenvalue weighted by molar-refractivity contribution is 8.01. The zero-order chi connectivity index (χ0) is 14.1. The molecule has 6 nitrogen and oxygen atoms in total. The van der Waals surface area contributed by atoms with Crippen LogP contribution in [0.4, 0.5) is 0 Å². The first-order valence-electron chi connectivity index (χ1n) is 4.85. The molecule has 0 aliphatic rings.